The minimum absolute atomic E-state index is 0.257. The van der Waals surface area contributed by atoms with Crippen molar-refractivity contribution in [2.45, 2.75) is 0 Å². The number of carbonyl (C=O) groups is 1. The Kier molecular flexibility index (Phi) is 3.09. The molecule has 1 heterocycles. The van der Waals surface area contributed by atoms with E-state index in [0.717, 1.165) is 11.3 Å². The zero-order chi connectivity index (χ0) is 12.3. The van der Waals surface area contributed by atoms with Crippen molar-refractivity contribution in [3.05, 3.63) is 36.4 Å². The van der Waals surface area contributed by atoms with E-state index >= 15 is 0 Å². The lowest BCUT2D eigenvalue weighted by Gasteiger charge is -2.02. The predicted molar refractivity (Wildman–Crippen MR) is 66.7 cm³/mol. The van der Waals surface area contributed by atoms with Gasteiger partial charge in [0.05, 0.1) is 5.69 Å². The van der Waals surface area contributed by atoms with E-state index in [1.165, 1.54) is 0 Å². The van der Waals surface area contributed by atoms with E-state index in [4.69, 9.17) is 0 Å². The molecule has 0 unspecified atom stereocenters. The van der Waals surface area contributed by atoms with Gasteiger partial charge in [-0.25, -0.2) is 4.79 Å². The fourth-order valence-electron chi connectivity index (χ4n) is 1.51. The number of anilines is 1. The number of carbonyl (C=O) groups excluding carboxylic acids is 1. The van der Waals surface area contributed by atoms with Crippen molar-refractivity contribution in [2.24, 2.45) is 7.05 Å². The van der Waals surface area contributed by atoms with Gasteiger partial charge in [-0.2, -0.15) is 5.10 Å². The normalized spacial score (nSPS) is 10.0. The fourth-order valence-corrected chi connectivity index (χ4v) is 1.51. The summed E-state index contributed by atoms with van der Waals surface area (Å²) in [6.45, 7) is 0. The molecule has 5 nitrogen and oxygen atoms in total. The number of benzene rings is 1. The maximum atomic E-state index is 11.2. The second-order valence-corrected chi connectivity index (χ2v) is 3.61. The fraction of sp³-hybridized carbons (Fsp3) is 0.167. The van der Waals surface area contributed by atoms with Crippen molar-refractivity contribution in [1.29, 1.82) is 0 Å². The van der Waals surface area contributed by atoms with Crippen molar-refractivity contribution < 1.29 is 4.79 Å². The average molecular weight is 230 g/mol. The first kappa shape index (κ1) is 11.2. The Morgan fingerprint density at radius 1 is 1.29 bits per heavy atom. The van der Waals surface area contributed by atoms with Crippen LogP contribution < -0.4 is 10.6 Å². The first-order valence-corrected chi connectivity index (χ1v) is 5.29. The van der Waals surface area contributed by atoms with E-state index in [0.29, 0.717) is 5.82 Å². The molecule has 88 valence electrons. The number of amides is 2. The molecule has 0 saturated heterocycles. The zero-order valence-corrected chi connectivity index (χ0v) is 9.77. The Hall–Kier alpha value is -2.30. The molecule has 0 atom stereocenters. The molecular formula is C12H14N4O. The van der Waals surface area contributed by atoms with Crippen LogP contribution in [-0.4, -0.2) is 22.9 Å². The lowest BCUT2D eigenvalue weighted by molar-refractivity contribution is 0.253. The topological polar surface area (TPSA) is 59.0 Å². The van der Waals surface area contributed by atoms with Gasteiger partial charge in [-0.1, -0.05) is 30.3 Å². The molecule has 0 bridgehead atoms. The molecule has 1 aromatic carbocycles. The first-order chi connectivity index (χ1) is 8.20. The smallest absolute Gasteiger partial charge is 0.320 e. The number of urea groups is 1. The van der Waals surface area contributed by atoms with Gasteiger partial charge < -0.3 is 5.32 Å². The standard InChI is InChI=1S/C12H14N4O/c1-13-12(17)14-11-8-10(15-16(11)2)9-6-4-3-5-7-9/h3-8H,1-2H3,(H2,13,14,17). The van der Waals surface area contributed by atoms with Gasteiger partial charge in [0.25, 0.3) is 0 Å². The molecule has 2 amide bonds. The van der Waals surface area contributed by atoms with E-state index in [9.17, 15) is 4.79 Å². The van der Waals surface area contributed by atoms with Crippen LogP contribution in [0.4, 0.5) is 10.6 Å². The van der Waals surface area contributed by atoms with Crippen LogP contribution in [0.15, 0.2) is 36.4 Å². The zero-order valence-electron chi connectivity index (χ0n) is 9.77. The maximum absolute atomic E-state index is 11.2. The summed E-state index contributed by atoms with van der Waals surface area (Å²) in [4.78, 5) is 11.2. The highest BCUT2D eigenvalue weighted by molar-refractivity contribution is 5.88. The molecule has 0 saturated carbocycles. The minimum atomic E-state index is -0.257. The van der Waals surface area contributed by atoms with Crippen LogP contribution in [0, 0.1) is 0 Å². The summed E-state index contributed by atoms with van der Waals surface area (Å²) < 4.78 is 1.64. The van der Waals surface area contributed by atoms with Crippen LogP contribution in [0.2, 0.25) is 0 Å². The number of aromatic nitrogens is 2. The maximum Gasteiger partial charge on any atom is 0.320 e. The van der Waals surface area contributed by atoms with Crippen LogP contribution in [-0.2, 0) is 7.05 Å². The van der Waals surface area contributed by atoms with Crippen molar-refractivity contribution in [2.75, 3.05) is 12.4 Å². The predicted octanol–water partition coefficient (Wildman–Crippen LogP) is 1.84. The van der Waals surface area contributed by atoms with Crippen LogP contribution in [0.3, 0.4) is 0 Å². The molecule has 5 heteroatoms. The first-order valence-electron chi connectivity index (χ1n) is 5.29. The molecule has 0 fully saturated rings. The number of nitrogens with one attached hydrogen (secondary N) is 2. The van der Waals surface area contributed by atoms with Gasteiger partial charge in [-0.05, 0) is 0 Å². The van der Waals surface area contributed by atoms with Crippen LogP contribution in [0.25, 0.3) is 11.3 Å². The summed E-state index contributed by atoms with van der Waals surface area (Å²) in [6, 6.07) is 11.4. The van der Waals surface area contributed by atoms with Crippen molar-refractivity contribution in [1.82, 2.24) is 15.1 Å². The van der Waals surface area contributed by atoms with Gasteiger partial charge in [0, 0.05) is 25.7 Å². The molecule has 0 aliphatic carbocycles. The number of hydrogen-bond donors (Lipinski definition) is 2. The van der Waals surface area contributed by atoms with Crippen molar-refractivity contribution >= 4 is 11.8 Å². The quantitative estimate of drug-likeness (QED) is 0.827. The number of rotatable bonds is 2. The monoisotopic (exact) mass is 230 g/mol. The molecule has 0 aliphatic rings. The summed E-state index contributed by atoms with van der Waals surface area (Å²) in [5.41, 5.74) is 1.85. The molecule has 2 rings (SSSR count). The summed E-state index contributed by atoms with van der Waals surface area (Å²) in [7, 11) is 3.36. The summed E-state index contributed by atoms with van der Waals surface area (Å²) in [5, 5.41) is 9.54. The molecule has 0 aliphatic heterocycles. The highest BCUT2D eigenvalue weighted by atomic mass is 16.2. The summed E-state index contributed by atoms with van der Waals surface area (Å²) >= 11 is 0. The van der Waals surface area contributed by atoms with E-state index in [1.54, 1.807) is 18.8 Å². The third kappa shape index (κ3) is 2.44. The van der Waals surface area contributed by atoms with E-state index in [-0.39, 0.29) is 6.03 Å². The largest absolute Gasteiger partial charge is 0.341 e. The summed E-state index contributed by atoms with van der Waals surface area (Å²) in [6.07, 6.45) is 0. The molecular weight excluding hydrogens is 216 g/mol. The number of aryl methyl sites for hydroxylation is 1. The molecule has 17 heavy (non-hydrogen) atoms. The van der Waals surface area contributed by atoms with Crippen LogP contribution in [0.5, 0.6) is 0 Å². The van der Waals surface area contributed by atoms with Gasteiger partial charge in [0.2, 0.25) is 0 Å². The van der Waals surface area contributed by atoms with Crippen LogP contribution >= 0.6 is 0 Å². The lowest BCUT2D eigenvalue weighted by Crippen LogP contribution is -2.25. The van der Waals surface area contributed by atoms with Gasteiger partial charge in [-0.3, -0.25) is 10.00 Å². The molecule has 2 N–H and O–H groups in total. The molecule has 2 aromatic rings. The Balaban J connectivity index is 2.28. The lowest BCUT2D eigenvalue weighted by atomic mass is 10.2. The second-order valence-electron chi connectivity index (χ2n) is 3.61. The van der Waals surface area contributed by atoms with E-state index in [1.807, 2.05) is 36.4 Å². The van der Waals surface area contributed by atoms with E-state index < -0.39 is 0 Å². The van der Waals surface area contributed by atoms with Gasteiger partial charge in [0.15, 0.2) is 0 Å². The van der Waals surface area contributed by atoms with Gasteiger partial charge in [-0.15, -0.1) is 0 Å². The number of nitrogens with zero attached hydrogens (tertiary/aromatic N) is 2. The Labute approximate surface area is 99.5 Å². The Bertz CT molecular complexity index is 519. The van der Waals surface area contributed by atoms with Crippen molar-refractivity contribution in [3.8, 4) is 11.3 Å². The van der Waals surface area contributed by atoms with Gasteiger partial charge in [0.1, 0.15) is 5.82 Å². The Morgan fingerprint density at radius 2 is 2.00 bits per heavy atom. The third-order valence-electron chi connectivity index (χ3n) is 2.42. The van der Waals surface area contributed by atoms with Gasteiger partial charge >= 0.3 is 6.03 Å². The number of hydrogen-bond acceptors (Lipinski definition) is 2. The molecule has 0 radical (unpaired) electrons. The molecule has 1 aromatic heterocycles. The van der Waals surface area contributed by atoms with E-state index in [2.05, 4.69) is 15.7 Å². The minimum Gasteiger partial charge on any atom is -0.341 e. The second kappa shape index (κ2) is 4.69. The average Bonchev–Trinajstić information content (AvgIpc) is 2.72. The summed E-state index contributed by atoms with van der Waals surface area (Å²) in [5.74, 6) is 0.656. The molecule has 0 spiro atoms. The highest BCUT2D eigenvalue weighted by Gasteiger charge is 2.08. The SMILES string of the molecule is CNC(=O)Nc1cc(-c2ccccc2)nn1C. The third-order valence-corrected chi connectivity index (χ3v) is 2.42. The Morgan fingerprint density at radius 3 is 2.65 bits per heavy atom. The highest BCUT2D eigenvalue weighted by Crippen LogP contribution is 2.20. The van der Waals surface area contributed by atoms with Crippen molar-refractivity contribution in [3.63, 3.8) is 0 Å². The van der Waals surface area contributed by atoms with Crippen LogP contribution in [0.1, 0.15) is 0 Å².